The van der Waals surface area contributed by atoms with Crippen LogP contribution < -0.4 is 20.1 Å². The van der Waals surface area contributed by atoms with Gasteiger partial charge in [-0.2, -0.15) is 0 Å². The smallest absolute Gasteiger partial charge is 0.338 e. The van der Waals surface area contributed by atoms with Crippen LogP contribution >= 0.6 is 11.6 Å². The van der Waals surface area contributed by atoms with Crippen LogP contribution in [0.3, 0.4) is 0 Å². The van der Waals surface area contributed by atoms with Crippen molar-refractivity contribution in [2.24, 2.45) is 0 Å². The summed E-state index contributed by atoms with van der Waals surface area (Å²) in [6.45, 7) is 3.08. The van der Waals surface area contributed by atoms with Gasteiger partial charge in [-0.1, -0.05) is 18.5 Å². The van der Waals surface area contributed by atoms with Crippen LogP contribution in [0.5, 0.6) is 11.5 Å². The molecule has 0 saturated heterocycles. The first-order chi connectivity index (χ1) is 11.8. The first kappa shape index (κ1) is 20.6. The monoisotopic (exact) mass is 372 g/mol. The lowest BCUT2D eigenvalue weighted by atomic mass is 10.2. The summed E-state index contributed by atoms with van der Waals surface area (Å²) < 4.78 is 15.0. The third-order valence-corrected chi connectivity index (χ3v) is 3.53. The van der Waals surface area contributed by atoms with Gasteiger partial charge in [0.05, 0.1) is 24.8 Å². The van der Waals surface area contributed by atoms with Gasteiger partial charge in [-0.3, -0.25) is 10.1 Å². The third-order valence-electron chi connectivity index (χ3n) is 3.25. The maximum absolute atomic E-state index is 12.0. The molecule has 0 bridgehead atoms. The number of hydrogen-bond acceptors (Lipinski definition) is 6. The number of hydrogen-bond donors (Lipinski definition) is 2. The van der Waals surface area contributed by atoms with Crippen LogP contribution in [0, 0.1) is 0 Å². The predicted octanol–water partition coefficient (Wildman–Crippen LogP) is 2.14. The Morgan fingerprint density at radius 2 is 1.88 bits per heavy atom. The van der Waals surface area contributed by atoms with Crippen molar-refractivity contribution in [1.82, 2.24) is 10.6 Å². The summed E-state index contributed by atoms with van der Waals surface area (Å²) >= 11 is 6.01. The second-order valence-electron chi connectivity index (χ2n) is 5.10. The molecule has 25 heavy (non-hydrogen) atoms. The van der Waals surface area contributed by atoms with Crippen molar-refractivity contribution >= 4 is 29.5 Å². The summed E-state index contributed by atoms with van der Waals surface area (Å²) in [5, 5.41) is 4.78. The van der Waals surface area contributed by atoms with Crippen LogP contribution in [0.15, 0.2) is 12.1 Å². The minimum atomic E-state index is -0.791. The zero-order valence-electron chi connectivity index (χ0n) is 14.5. The van der Waals surface area contributed by atoms with E-state index in [1.807, 2.05) is 6.92 Å². The van der Waals surface area contributed by atoms with Crippen molar-refractivity contribution in [2.45, 2.75) is 26.3 Å². The number of carbonyl (C=O) groups excluding carboxylic acids is 3. The van der Waals surface area contributed by atoms with Gasteiger partial charge in [0, 0.05) is 6.04 Å². The first-order valence-electron chi connectivity index (χ1n) is 7.51. The van der Waals surface area contributed by atoms with Crippen LogP contribution in [0.1, 0.15) is 30.6 Å². The fourth-order valence-corrected chi connectivity index (χ4v) is 2.06. The van der Waals surface area contributed by atoms with E-state index in [1.54, 1.807) is 6.92 Å². The molecule has 0 unspecified atom stereocenters. The summed E-state index contributed by atoms with van der Waals surface area (Å²) in [7, 11) is 2.81. The topological polar surface area (TPSA) is 103 Å². The van der Waals surface area contributed by atoms with Crippen molar-refractivity contribution in [3.05, 3.63) is 22.7 Å². The van der Waals surface area contributed by atoms with Crippen molar-refractivity contribution in [2.75, 3.05) is 20.8 Å². The van der Waals surface area contributed by atoms with E-state index in [9.17, 15) is 14.4 Å². The molecule has 1 aromatic carbocycles. The molecule has 0 heterocycles. The molecule has 0 aliphatic carbocycles. The summed E-state index contributed by atoms with van der Waals surface area (Å²) in [5.74, 6) is -1.01. The molecule has 0 radical (unpaired) electrons. The molecule has 0 aromatic heterocycles. The van der Waals surface area contributed by atoms with Crippen molar-refractivity contribution in [3.8, 4) is 11.5 Å². The molecule has 2 N–H and O–H groups in total. The van der Waals surface area contributed by atoms with Crippen molar-refractivity contribution in [3.63, 3.8) is 0 Å². The molecule has 1 atom stereocenters. The first-order valence-corrected chi connectivity index (χ1v) is 7.89. The molecule has 0 saturated carbocycles. The Kier molecular flexibility index (Phi) is 8.00. The van der Waals surface area contributed by atoms with E-state index in [-0.39, 0.29) is 28.1 Å². The van der Waals surface area contributed by atoms with Gasteiger partial charge in [0.25, 0.3) is 5.91 Å². The zero-order chi connectivity index (χ0) is 19.0. The number of nitrogens with one attached hydrogen (secondary N) is 2. The molecule has 138 valence electrons. The molecule has 0 aliphatic heterocycles. The fraction of sp³-hybridized carbons (Fsp3) is 0.438. The van der Waals surface area contributed by atoms with Crippen LogP contribution in [0.2, 0.25) is 5.02 Å². The maximum atomic E-state index is 12.0. The predicted molar refractivity (Wildman–Crippen MR) is 91.3 cm³/mol. The Bertz CT molecular complexity index is 650. The van der Waals surface area contributed by atoms with Gasteiger partial charge in [0.1, 0.15) is 0 Å². The van der Waals surface area contributed by atoms with E-state index in [0.717, 1.165) is 6.42 Å². The molecular weight excluding hydrogens is 352 g/mol. The van der Waals surface area contributed by atoms with E-state index in [1.165, 1.54) is 26.4 Å². The molecule has 1 rings (SSSR count). The highest BCUT2D eigenvalue weighted by Gasteiger charge is 2.18. The lowest BCUT2D eigenvalue weighted by Crippen LogP contribution is -2.44. The molecule has 0 aliphatic rings. The van der Waals surface area contributed by atoms with Crippen molar-refractivity contribution in [1.29, 1.82) is 0 Å². The number of methoxy groups -OCH3 is 2. The number of imide groups is 1. The van der Waals surface area contributed by atoms with Gasteiger partial charge in [-0.05, 0) is 25.5 Å². The van der Waals surface area contributed by atoms with E-state index in [2.05, 4.69) is 10.6 Å². The molecule has 0 spiro atoms. The van der Waals surface area contributed by atoms with Gasteiger partial charge in [-0.15, -0.1) is 0 Å². The highest BCUT2D eigenvalue weighted by atomic mass is 35.5. The fourth-order valence-electron chi connectivity index (χ4n) is 1.77. The van der Waals surface area contributed by atoms with Gasteiger partial charge >= 0.3 is 12.0 Å². The average molecular weight is 373 g/mol. The number of urea groups is 1. The summed E-state index contributed by atoms with van der Waals surface area (Å²) in [5.41, 5.74) is 0.0829. The van der Waals surface area contributed by atoms with Gasteiger partial charge < -0.3 is 19.5 Å². The van der Waals surface area contributed by atoms with Crippen LogP contribution in [-0.4, -0.2) is 44.8 Å². The van der Waals surface area contributed by atoms with Gasteiger partial charge in [0.2, 0.25) is 0 Å². The van der Waals surface area contributed by atoms with E-state index >= 15 is 0 Å². The second-order valence-corrected chi connectivity index (χ2v) is 5.51. The largest absolute Gasteiger partial charge is 0.493 e. The minimum Gasteiger partial charge on any atom is -0.493 e. The summed E-state index contributed by atoms with van der Waals surface area (Å²) in [6, 6.07) is 1.98. The summed E-state index contributed by atoms with van der Waals surface area (Å²) in [4.78, 5) is 35.2. The minimum absolute atomic E-state index is 0.0794. The Hall–Kier alpha value is -2.48. The molecule has 8 nitrogen and oxygen atoms in total. The standard InChI is InChI=1S/C16H21ClN2O6/c1-5-9(2)18-16(22)19-13(20)8-25-15(21)10-6-11(17)14(24-4)12(7-10)23-3/h6-7,9H,5,8H2,1-4H3,(H2,18,19,20,22)/t9-/m0/s1. The molecular formula is C16H21ClN2O6. The quantitative estimate of drug-likeness (QED) is 0.711. The van der Waals surface area contributed by atoms with Crippen LogP contribution in [0.4, 0.5) is 4.79 Å². The van der Waals surface area contributed by atoms with E-state index in [4.69, 9.17) is 25.8 Å². The maximum Gasteiger partial charge on any atom is 0.338 e. The SMILES string of the molecule is CC[C@H](C)NC(=O)NC(=O)COC(=O)c1cc(Cl)c(OC)c(OC)c1. The van der Waals surface area contributed by atoms with Crippen molar-refractivity contribution < 1.29 is 28.6 Å². The van der Waals surface area contributed by atoms with Crippen LogP contribution in [0.25, 0.3) is 0 Å². The Morgan fingerprint density at radius 3 is 2.44 bits per heavy atom. The third kappa shape index (κ3) is 6.15. The number of rotatable bonds is 7. The summed E-state index contributed by atoms with van der Waals surface area (Å²) in [6.07, 6.45) is 0.719. The molecule has 1 aromatic rings. The van der Waals surface area contributed by atoms with Gasteiger partial charge in [-0.25, -0.2) is 9.59 Å². The average Bonchev–Trinajstić information content (AvgIpc) is 2.58. The van der Waals surface area contributed by atoms with Gasteiger partial charge in [0.15, 0.2) is 18.1 Å². The number of esters is 1. The molecule has 3 amide bonds. The number of carbonyl (C=O) groups is 3. The number of benzene rings is 1. The van der Waals surface area contributed by atoms with E-state index < -0.39 is 24.5 Å². The molecule has 0 fully saturated rings. The Morgan fingerprint density at radius 1 is 1.20 bits per heavy atom. The molecule has 9 heteroatoms. The number of amides is 3. The number of halogens is 1. The lowest BCUT2D eigenvalue weighted by Gasteiger charge is -2.12. The van der Waals surface area contributed by atoms with E-state index in [0.29, 0.717) is 0 Å². The number of ether oxygens (including phenoxy) is 3. The Balaban J connectivity index is 2.64. The van der Waals surface area contributed by atoms with Crippen LogP contribution in [-0.2, 0) is 9.53 Å². The zero-order valence-corrected chi connectivity index (χ0v) is 15.2. The lowest BCUT2D eigenvalue weighted by molar-refractivity contribution is -0.123. The highest BCUT2D eigenvalue weighted by molar-refractivity contribution is 6.32. The Labute approximate surface area is 150 Å². The highest BCUT2D eigenvalue weighted by Crippen LogP contribution is 2.36. The second kappa shape index (κ2) is 9.73. The normalized spacial score (nSPS) is 11.2.